The zero-order chi connectivity index (χ0) is 13.1. The second-order valence-electron chi connectivity index (χ2n) is 4.70. The van der Waals surface area contributed by atoms with Crippen LogP contribution in [-0.2, 0) is 0 Å². The highest BCUT2D eigenvalue weighted by molar-refractivity contribution is 5.48. The van der Waals surface area contributed by atoms with Crippen LogP contribution in [0, 0.1) is 23.4 Å². The molecule has 1 saturated heterocycles. The van der Waals surface area contributed by atoms with Gasteiger partial charge in [0.05, 0.1) is 5.69 Å². The number of anilines is 1. The topological polar surface area (TPSA) is 29.3 Å². The van der Waals surface area contributed by atoms with Crippen LogP contribution in [0.4, 0.5) is 18.9 Å². The van der Waals surface area contributed by atoms with Gasteiger partial charge in [0, 0.05) is 13.1 Å². The number of benzene rings is 1. The molecule has 0 aliphatic carbocycles. The minimum absolute atomic E-state index is 0.153. The Labute approximate surface area is 105 Å². The molecule has 1 aromatic rings. The molecule has 0 amide bonds. The molecule has 1 aliphatic heterocycles. The molecule has 0 aromatic heterocycles. The zero-order valence-electron chi connectivity index (χ0n) is 10.1. The largest absolute Gasteiger partial charge is 0.369 e. The third-order valence-corrected chi connectivity index (χ3v) is 3.54. The van der Waals surface area contributed by atoms with E-state index < -0.39 is 17.5 Å². The minimum Gasteiger partial charge on any atom is -0.369 e. The van der Waals surface area contributed by atoms with Gasteiger partial charge in [0.1, 0.15) is 0 Å². The Morgan fingerprint density at radius 1 is 1.11 bits per heavy atom. The van der Waals surface area contributed by atoms with E-state index in [0.717, 1.165) is 25.3 Å². The lowest BCUT2D eigenvalue weighted by atomic mass is 9.93. The molecule has 100 valence electrons. The lowest BCUT2D eigenvalue weighted by Crippen LogP contribution is -2.35. The van der Waals surface area contributed by atoms with Gasteiger partial charge in [0.2, 0.25) is 0 Å². The first-order valence-corrected chi connectivity index (χ1v) is 6.22. The Balaban J connectivity index is 2.08. The van der Waals surface area contributed by atoms with Gasteiger partial charge >= 0.3 is 0 Å². The quantitative estimate of drug-likeness (QED) is 0.845. The Bertz CT molecular complexity index is 415. The third kappa shape index (κ3) is 2.61. The number of piperidine rings is 1. The van der Waals surface area contributed by atoms with Crippen LogP contribution in [0.5, 0.6) is 0 Å². The van der Waals surface area contributed by atoms with Gasteiger partial charge in [0.15, 0.2) is 17.5 Å². The SMILES string of the molecule is NCCC1CCN(c2ccc(F)c(F)c2F)CC1. The van der Waals surface area contributed by atoms with Crippen molar-refractivity contribution >= 4 is 5.69 Å². The maximum atomic E-state index is 13.6. The summed E-state index contributed by atoms with van der Waals surface area (Å²) in [5.41, 5.74) is 5.65. The van der Waals surface area contributed by atoms with E-state index in [2.05, 4.69) is 0 Å². The highest BCUT2D eigenvalue weighted by atomic mass is 19.2. The first-order valence-electron chi connectivity index (χ1n) is 6.22. The molecule has 0 atom stereocenters. The molecule has 5 heteroatoms. The fraction of sp³-hybridized carbons (Fsp3) is 0.538. The number of hydrogen-bond acceptors (Lipinski definition) is 2. The minimum atomic E-state index is -1.39. The van der Waals surface area contributed by atoms with Gasteiger partial charge in [-0.1, -0.05) is 0 Å². The van der Waals surface area contributed by atoms with Crippen LogP contribution in [0.25, 0.3) is 0 Å². The van der Waals surface area contributed by atoms with Crippen molar-refractivity contribution in [3.63, 3.8) is 0 Å². The highest BCUT2D eigenvalue weighted by Gasteiger charge is 2.23. The molecule has 1 aliphatic rings. The van der Waals surface area contributed by atoms with Crippen molar-refractivity contribution < 1.29 is 13.2 Å². The summed E-state index contributed by atoms with van der Waals surface area (Å²) < 4.78 is 39.6. The second-order valence-corrected chi connectivity index (χ2v) is 4.70. The molecule has 0 unspecified atom stereocenters. The Kier molecular flexibility index (Phi) is 4.11. The van der Waals surface area contributed by atoms with Gasteiger partial charge in [0.25, 0.3) is 0 Å². The summed E-state index contributed by atoms with van der Waals surface area (Å²) >= 11 is 0. The number of rotatable bonds is 3. The normalized spacial score (nSPS) is 17.2. The fourth-order valence-corrected chi connectivity index (χ4v) is 2.46. The van der Waals surface area contributed by atoms with E-state index in [1.165, 1.54) is 6.07 Å². The summed E-state index contributed by atoms with van der Waals surface area (Å²) in [6, 6.07) is 2.27. The van der Waals surface area contributed by atoms with E-state index in [1.54, 1.807) is 4.90 Å². The van der Waals surface area contributed by atoms with Crippen LogP contribution < -0.4 is 10.6 Å². The average molecular weight is 258 g/mol. The molecule has 18 heavy (non-hydrogen) atoms. The molecule has 0 radical (unpaired) electrons. The van der Waals surface area contributed by atoms with E-state index in [1.807, 2.05) is 0 Å². The van der Waals surface area contributed by atoms with E-state index >= 15 is 0 Å². The molecule has 0 bridgehead atoms. The number of nitrogens with two attached hydrogens (primary N) is 1. The number of hydrogen-bond donors (Lipinski definition) is 1. The summed E-state index contributed by atoms with van der Waals surface area (Å²) in [5.74, 6) is -3.07. The van der Waals surface area contributed by atoms with Crippen LogP contribution in [-0.4, -0.2) is 19.6 Å². The molecule has 2 nitrogen and oxygen atoms in total. The average Bonchev–Trinajstić information content (AvgIpc) is 2.38. The Morgan fingerprint density at radius 2 is 1.78 bits per heavy atom. The molecular weight excluding hydrogens is 241 g/mol. The van der Waals surface area contributed by atoms with Gasteiger partial charge in [-0.05, 0) is 43.9 Å². The van der Waals surface area contributed by atoms with E-state index in [9.17, 15) is 13.2 Å². The van der Waals surface area contributed by atoms with Crippen molar-refractivity contribution in [2.75, 3.05) is 24.5 Å². The van der Waals surface area contributed by atoms with Crippen LogP contribution in [0.3, 0.4) is 0 Å². The van der Waals surface area contributed by atoms with Crippen molar-refractivity contribution in [1.82, 2.24) is 0 Å². The molecule has 1 aromatic carbocycles. The number of nitrogens with zero attached hydrogens (tertiary/aromatic N) is 1. The van der Waals surface area contributed by atoms with Gasteiger partial charge in [-0.15, -0.1) is 0 Å². The van der Waals surface area contributed by atoms with Gasteiger partial charge in [-0.2, -0.15) is 0 Å². The molecule has 0 spiro atoms. The van der Waals surface area contributed by atoms with Gasteiger partial charge in [-0.25, -0.2) is 13.2 Å². The summed E-state index contributed by atoms with van der Waals surface area (Å²) in [4.78, 5) is 1.77. The first-order chi connectivity index (χ1) is 8.63. The molecule has 2 N–H and O–H groups in total. The van der Waals surface area contributed by atoms with Crippen molar-refractivity contribution in [2.45, 2.75) is 19.3 Å². The molecule has 1 heterocycles. The van der Waals surface area contributed by atoms with Crippen molar-refractivity contribution in [3.05, 3.63) is 29.6 Å². The van der Waals surface area contributed by atoms with Crippen LogP contribution in [0.15, 0.2) is 12.1 Å². The number of halogens is 3. The highest BCUT2D eigenvalue weighted by Crippen LogP contribution is 2.28. The summed E-state index contributed by atoms with van der Waals surface area (Å²) in [7, 11) is 0. The van der Waals surface area contributed by atoms with Gasteiger partial charge in [-0.3, -0.25) is 0 Å². The molecule has 0 saturated carbocycles. The van der Waals surface area contributed by atoms with Crippen LogP contribution in [0.1, 0.15) is 19.3 Å². The van der Waals surface area contributed by atoms with Crippen molar-refractivity contribution in [2.24, 2.45) is 11.7 Å². The van der Waals surface area contributed by atoms with Crippen molar-refractivity contribution in [3.8, 4) is 0 Å². The van der Waals surface area contributed by atoms with Gasteiger partial charge < -0.3 is 10.6 Å². The molecule has 2 rings (SSSR count). The van der Waals surface area contributed by atoms with E-state index in [4.69, 9.17) is 5.73 Å². The second kappa shape index (κ2) is 5.61. The lowest BCUT2D eigenvalue weighted by Gasteiger charge is -2.33. The van der Waals surface area contributed by atoms with Crippen molar-refractivity contribution in [1.29, 1.82) is 0 Å². The summed E-state index contributed by atoms with van der Waals surface area (Å²) in [6.07, 6.45) is 2.79. The first kappa shape index (κ1) is 13.2. The zero-order valence-corrected chi connectivity index (χ0v) is 10.1. The fourth-order valence-electron chi connectivity index (χ4n) is 2.46. The Hall–Kier alpha value is -1.23. The maximum Gasteiger partial charge on any atom is 0.196 e. The third-order valence-electron chi connectivity index (χ3n) is 3.54. The molecule has 1 fully saturated rings. The van der Waals surface area contributed by atoms with Crippen LogP contribution in [0.2, 0.25) is 0 Å². The monoisotopic (exact) mass is 258 g/mol. The maximum absolute atomic E-state index is 13.6. The standard InChI is InChI=1S/C13H17F3N2/c14-10-1-2-11(13(16)12(10)15)18-7-4-9(3-6-17)5-8-18/h1-2,9H,3-8,17H2. The predicted molar refractivity (Wildman–Crippen MR) is 64.9 cm³/mol. The lowest BCUT2D eigenvalue weighted by molar-refractivity contribution is 0.381. The summed E-state index contributed by atoms with van der Waals surface area (Å²) in [5, 5.41) is 0. The van der Waals surface area contributed by atoms with Crippen LogP contribution >= 0.6 is 0 Å². The Morgan fingerprint density at radius 3 is 2.39 bits per heavy atom. The summed E-state index contributed by atoms with van der Waals surface area (Å²) in [6.45, 7) is 1.98. The van der Waals surface area contributed by atoms with E-state index in [-0.39, 0.29) is 5.69 Å². The smallest absolute Gasteiger partial charge is 0.196 e. The molecular formula is C13H17F3N2. The van der Waals surface area contributed by atoms with E-state index in [0.29, 0.717) is 25.6 Å². The predicted octanol–water partition coefficient (Wildman–Crippen LogP) is 2.67.